The predicted octanol–water partition coefficient (Wildman–Crippen LogP) is 6.78. The van der Waals surface area contributed by atoms with Crippen LogP contribution in [0.2, 0.25) is 5.02 Å². The average Bonchev–Trinajstić information content (AvgIpc) is 2.63. The molecule has 0 bridgehead atoms. The van der Waals surface area contributed by atoms with Crippen molar-refractivity contribution in [2.75, 3.05) is 4.72 Å². The Morgan fingerprint density at radius 1 is 1.04 bits per heavy atom. The molecule has 0 aliphatic rings. The Balaban J connectivity index is 1.94. The van der Waals surface area contributed by atoms with Crippen LogP contribution in [0.3, 0.4) is 0 Å². The van der Waals surface area contributed by atoms with Gasteiger partial charge in [0.25, 0.3) is 0 Å². The van der Waals surface area contributed by atoms with Gasteiger partial charge in [0.1, 0.15) is 5.82 Å². The summed E-state index contributed by atoms with van der Waals surface area (Å²) in [6.07, 6.45) is 0. The zero-order valence-electron chi connectivity index (χ0n) is 14.3. The van der Waals surface area contributed by atoms with Crippen molar-refractivity contribution in [3.8, 4) is 11.1 Å². The van der Waals surface area contributed by atoms with Gasteiger partial charge in [0, 0.05) is 10.6 Å². The van der Waals surface area contributed by atoms with Crippen LogP contribution in [0.5, 0.6) is 0 Å². The zero-order valence-corrected chi connectivity index (χ0v) is 15.9. The van der Waals surface area contributed by atoms with Gasteiger partial charge in [-0.2, -0.15) is 0 Å². The molecule has 0 saturated heterocycles. The van der Waals surface area contributed by atoms with Crippen LogP contribution in [-0.4, -0.2) is 5.78 Å². The van der Waals surface area contributed by atoms with E-state index >= 15 is 0 Å². The molecule has 0 heterocycles. The van der Waals surface area contributed by atoms with E-state index < -0.39 is 0 Å². The molecule has 0 fully saturated rings. The van der Waals surface area contributed by atoms with E-state index in [1.54, 1.807) is 25.1 Å². The number of carbonyl (C=O) groups excluding carboxylic acids is 1. The molecule has 3 rings (SSSR count). The first-order valence-corrected chi connectivity index (χ1v) is 9.24. The van der Waals surface area contributed by atoms with E-state index in [-0.39, 0.29) is 11.6 Å². The number of carbonyl (C=O) groups is 1. The Labute approximate surface area is 161 Å². The first-order chi connectivity index (χ1) is 12.5. The fourth-order valence-electron chi connectivity index (χ4n) is 2.62. The highest BCUT2D eigenvalue weighted by atomic mass is 35.5. The van der Waals surface area contributed by atoms with Gasteiger partial charge in [-0.15, -0.1) is 0 Å². The number of halogens is 2. The zero-order chi connectivity index (χ0) is 18.7. The van der Waals surface area contributed by atoms with Crippen LogP contribution in [-0.2, 0) is 0 Å². The maximum absolute atomic E-state index is 14.3. The predicted molar refractivity (Wildman–Crippen MR) is 108 cm³/mol. The van der Waals surface area contributed by atoms with Crippen molar-refractivity contribution in [2.45, 2.75) is 18.7 Å². The molecule has 0 atom stereocenters. The molecular formula is C21H17ClFNOS. The third-order valence-electron chi connectivity index (χ3n) is 3.96. The van der Waals surface area contributed by atoms with Gasteiger partial charge >= 0.3 is 0 Å². The van der Waals surface area contributed by atoms with E-state index in [2.05, 4.69) is 4.72 Å². The molecule has 0 radical (unpaired) electrons. The van der Waals surface area contributed by atoms with Crippen LogP contribution in [0.1, 0.15) is 22.8 Å². The topological polar surface area (TPSA) is 29.1 Å². The van der Waals surface area contributed by atoms with Gasteiger partial charge in [0.15, 0.2) is 5.78 Å². The highest BCUT2D eigenvalue weighted by molar-refractivity contribution is 8.00. The SMILES string of the molecule is CC(=O)c1ccc(-c2ccccc2)cc1NSc1cc(Cl)cc(C)c1F. The molecular weight excluding hydrogens is 369 g/mol. The molecule has 1 N–H and O–H groups in total. The number of Topliss-reactive ketones (excluding diaryl/α,β-unsaturated/α-hetero) is 1. The summed E-state index contributed by atoms with van der Waals surface area (Å²) in [7, 11) is 0. The third kappa shape index (κ3) is 4.09. The lowest BCUT2D eigenvalue weighted by Gasteiger charge is -2.13. The van der Waals surface area contributed by atoms with Crippen molar-refractivity contribution in [3.05, 3.63) is 82.6 Å². The number of aryl methyl sites for hydroxylation is 1. The molecule has 0 aliphatic heterocycles. The molecule has 132 valence electrons. The summed E-state index contributed by atoms with van der Waals surface area (Å²) in [4.78, 5) is 12.3. The monoisotopic (exact) mass is 385 g/mol. The molecule has 26 heavy (non-hydrogen) atoms. The van der Waals surface area contributed by atoms with Crippen LogP contribution in [0.15, 0.2) is 65.6 Å². The van der Waals surface area contributed by atoms with Gasteiger partial charge in [0.2, 0.25) is 0 Å². The second kappa shape index (κ2) is 7.94. The van der Waals surface area contributed by atoms with Gasteiger partial charge in [0.05, 0.1) is 10.6 Å². The van der Waals surface area contributed by atoms with Gasteiger partial charge in [-0.3, -0.25) is 4.79 Å². The maximum Gasteiger partial charge on any atom is 0.161 e. The van der Waals surface area contributed by atoms with Crippen LogP contribution < -0.4 is 4.72 Å². The lowest BCUT2D eigenvalue weighted by Crippen LogP contribution is -2.00. The standard InChI is InChI=1S/C21H17ClFNOS/c1-13-10-17(22)12-20(21(13)23)26-24-19-11-16(8-9-18(19)14(2)25)15-6-4-3-5-7-15/h3-12,24H,1-2H3. The molecule has 0 unspecified atom stereocenters. The molecule has 0 aromatic heterocycles. The second-order valence-electron chi connectivity index (χ2n) is 5.92. The molecule has 5 heteroatoms. The Hall–Kier alpha value is -2.30. The van der Waals surface area contributed by atoms with Crippen molar-refractivity contribution in [1.29, 1.82) is 0 Å². The highest BCUT2D eigenvalue weighted by Gasteiger charge is 2.12. The summed E-state index contributed by atoms with van der Waals surface area (Å²) in [5, 5.41) is 0.470. The number of ketones is 1. The highest BCUT2D eigenvalue weighted by Crippen LogP contribution is 2.32. The molecule has 0 spiro atoms. The van der Waals surface area contributed by atoms with E-state index in [0.29, 0.717) is 26.7 Å². The Morgan fingerprint density at radius 2 is 1.77 bits per heavy atom. The van der Waals surface area contributed by atoms with Gasteiger partial charge in [-0.25, -0.2) is 4.39 Å². The minimum atomic E-state index is -0.324. The first-order valence-electron chi connectivity index (χ1n) is 8.04. The van der Waals surface area contributed by atoms with E-state index in [4.69, 9.17) is 11.6 Å². The third-order valence-corrected chi connectivity index (χ3v) is 5.02. The summed E-state index contributed by atoms with van der Waals surface area (Å²) >= 11 is 7.13. The number of anilines is 1. The van der Waals surface area contributed by atoms with Crippen LogP contribution in [0.25, 0.3) is 11.1 Å². The average molecular weight is 386 g/mol. The van der Waals surface area contributed by atoms with Crippen molar-refractivity contribution in [2.24, 2.45) is 0 Å². The lowest BCUT2D eigenvalue weighted by molar-refractivity contribution is 0.101. The van der Waals surface area contributed by atoms with E-state index in [9.17, 15) is 9.18 Å². The van der Waals surface area contributed by atoms with Crippen molar-refractivity contribution < 1.29 is 9.18 Å². The van der Waals surface area contributed by atoms with Gasteiger partial charge < -0.3 is 4.72 Å². The molecule has 0 saturated carbocycles. The minimum absolute atomic E-state index is 0.0598. The number of nitrogens with one attached hydrogen (secondary N) is 1. The van der Waals surface area contributed by atoms with Gasteiger partial charge in [-0.1, -0.05) is 48.0 Å². The lowest BCUT2D eigenvalue weighted by atomic mass is 10.0. The molecule has 3 aromatic carbocycles. The Kier molecular flexibility index (Phi) is 5.64. The minimum Gasteiger partial charge on any atom is -0.325 e. The summed E-state index contributed by atoms with van der Waals surface area (Å²) in [5.41, 5.74) is 3.69. The van der Waals surface area contributed by atoms with Crippen molar-refractivity contribution in [1.82, 2.24) is 0 Å². The maximum atomic E-state index is 14.3. The molecule has 3 aromatic rings. The number of benzene rings is 3. The fraction of sp³-hybridized carbons (Fsp3) is 0.0952. The molecule has 0 aliphatic carbocycles. The summed E-state index contributed by atoms with van der Waals surface area (Å²) in [5.74, 6) is -0.383. The van der Waals surface area contributed by atoms with Crippen molar-refractivity contribution in [3.63, 3.8) is 0 Å². The normalized spacial score (nSPS) is 10.6. The largest absolute Gasteiger partial charge is 0.325 e. The fourth-order valence-corrected chi connectivity index (χ4v) is 3.79. The first kappa shape index (κ1) is 18.5. The Morgan fingerprint density at radius 3 is 2.46 bits per heavy atom. The summed E-state index contributed by atoms with van der Waals surface area (Å²) < 4.78 is 17.4. The van der Waals surface area contributed by atoms with Crippen LogP contribution in [0, 0.1) is 12.7 Å². The Bertz CT molecular complexity index is 960. The molecule has 0 amide bonds. The number of hydrogen-bond acceptors (Lipinski definition) is 3. The van der Waals surface area contributed by atoms with Gasteiger partial charge in [-0.05, 0) is 66.8 Å². The van der Waals surface area contributed by atoms with E-state index in [1.807, 2.05) is 42.5 Å². The summed E-state index contributed by atoms with van der Waals surface area (Å²) in [6, 6.07) is 18.6. The smallest absolute Gasteiger partial charge is 0.161 e. The van der Waals surface area contributed by atoms with Crippen LogP contribution >= 0.6 is 23.5 Å². The summed E-state index contributed by atoms with van der Waals surface area (Å²) in [6.45, 7) is 3.18. The number of rotatable bonds is 5. The van der Waals surface area contributed by atoms with E-state index in [0.717, 1.165) is 23.1 Å². The quantitative estimate of drug-likeness (QED) is 0.388. The van der Waals surface area contributed by atoms with E-state index in [1.165, 1.54) is 6.92 Å². The number of hydrogen-bond donors (Lipinski definition) is 1. The molecule has 2 nitrogen and oxygen atoms in total. The second-order valence-corrected chi connectivity index (χ2v) is 7.21. The van der Waals surface area contributed by atoms with Crippen LogP contribution in [0.4, 0.5) is 10.1 Å². The van der Waals surface area contributed by atoms with Crippen molar-refractivity contribution >= 4 is 35.0 Å².